The van der Waals surface area contributed by atoms with Crippen LogP contribution in [0.25, 0.3) is 10.9 Å². The largest absolute Gasteiger partial charge is 0.455 e. The lowest BCUT2D eigenvalue weighted by Crippen LogP contribution is -1.90. The molecule has 4 heteroatoms. The van der Waals surface area contributed by atoms with Gasteiger partial charge in [-0.15, -0.1) is 0 Å². The summed E-state index contributed by atoms with van der Waals surface area (Å²) in [4.78, 5) is 4.27. The Labute approximate surface area is 121 Å². The number of nitrogens with zero attached hydrogens (tertiary/aromatic N) is 2. The maximum Gasteiger partial charge on any atom is 0.146 e. The molecular formula is C16H9ClN2O. The van der Waals surface area contributed by atoms with E-state index in [4.69, 9.17) is 21.6 Å². The van der Waals surface area contributed by atoms with Gasteiger partial charge in [0.1, 0.15) is 23.1 Å². The molecular weight excluding hydrogens is 272 g/mol. The zero-order valence-corrected chi connectivity index (χ0v) is 11.1. The molecule has 0 fully saturated rings. The fourth-order valence-corrected chi connectivity index (χ4v) is 2.19. The third-order valence-corrected chi connectivity index (χ3v) is 3.23. The monoisotopic (exact) mass is 280 g/mol. The first kappa shape index (κ1) is 12.5. The number of nitriles is 1. The highest BCUT2D eigenvalue weighted by Crippen LogP contribution is 2.33. The molecule has 1 heterocycles. The van der Waals surface area contributed by atoms with E-state index in [2.05, 4.69) is 11.1 Å². The van der Waals surface area contributed by atoms with E-state index in [0.717, 1.165) is 10.9 Å². The van der Waals surface area contributed by atoms with Crippen LogP contribution >= 0.6 is 11.6 Å². The van der Waals surface area contributed by atoms with Crippen LogP contribution in [0.2, 0.25) is 5.02 Å². The lowest BCUT2D eigenvalue weighted by Gasteiger charge is -2.10. The van der Waals surface area contributed by atoms with Crippen molar-refractivity contribution in [2.24, 2.45) is 0 Å². The molecule has 0 aliphatic carbocycles. The molecule has 3 nitrogen and oxygen atoms in total. The third-order valence-electron chi connectivity index (χ3n) is 2.91. The molecule has 0 aliphatic heterocycles. The summed E-state index contributed by atoms with van der Waals surface area (Å²) in [7, 11) is 0. The van der Waals surface area contributed by atoms with Crippen LogP contribution in [0.3, 0.4) is 0 Å². The van der Waals surface area contributed by atoms with Crippen LogP contribution in [0.1, 0.15) is 5.56 Å². The van der Waals surface area contributed by atoms with Gasteiger partial charge in [-0.1, -0.05) is 23.7 Å². The van der Waals surface area contributed by atoms with Gasteiger partial charge < -0.3 is 4.74 Å². The molecule has 96 valence electrons. The van der Waals surface area contributed by atoms with Crippen LogP contribution in [0.15, 0.2) is 54.7 Å². The first-order chi connectivity index (χ1) is 9.79. The molecule has 3 rings (SSSR count). The van der Waals surface area contributed by atoms with Gasteiger partial charge in [0, 0.05) is 11.6 Å². The average Bonchev–Trinajstić information content (AvgIpc) is 2.48. The molecule has 0 bridgehead atoms. The van der Waals surface area contributed by atoms with Crippen molar-refractivity contribution in [1.29, 1.82) is 5.26 Å². The Balaban J connectivity index is 2.11. The topological polar surface area (TPSA) is 45.9 Å². The lowest BCUT2D eigenvalue weighted by molar-refractivity contribution is 0.486. The molecule has 0 radical (unpaired) electrons. The fraction of sp³-hybridized carbons (Fsp3) is 0. The number of hydrogen-bond acceptors (Lipinski definition) is 3. The van der Waals surface area contributed by atoms with Gasteiger partial charge >= 0.3 is 0 Å². The quantitative estimate of drug-likeness (QED) is 0.691. The summed E-state index contributed by atoms with van der Waals surface area (Å²) in [6.45, 7) is 0. The van der Waals surface area contributed by atoms with Gasteiger partial charge in [-0.3, -0.25) is 4.98 Å². The first-order valence-corrected chi connectivity index (χ1v) is 6.37. The summed E-state index contributed by atoms with van der Waals surface area (Å²) in [6, 6.07) is 16.6. The number of pyridine rings is 1. The lowest BCUT2D eigenvalue weighted by atomic mass is 10.2. The van der Waals surface area contributed by atoms with Crippen molar-refractivity contribution in [3.05, 3.63) is 65.3 Å². The van der Waals surface area contributed by atoms with E-state index in [1.807, 2.05) is 30.3 Å². The summed E-state index contributed by atoms with van der Waals surface area (Å²) in [5.41, 5.74) is 1.17. The van der Waals surface area contributed by atoms with Crippen molar-refractivity contribution in [3.8, 4) is 17.6 Å². The van der Waals surface area contributed by atoms with E-state index in [-0.39, 0.29) is 0 Å². The SMILES string of the molecule is N#Cc1c(Cl)cccc1Oc1cccc2ncccc12. The molecule has 0 aliphatic rings. The number of hydrogen-bond donors (Lipinski definition) is 0. The van der Waals surface area contributed by atoms with Crippen LogP contribution in [-0.2, 0) is 0 Å². The number of benzene rings is 2. The van der Waals surface area contributed by atoms with Crippen LogP contribution in [0.5, 0.6) is 11.5 Å². The second-order valence-electron chi connectivity index (χ2n) is 4.15. The molecule has 20 heavy (non-hydrogen) atoms. The second-order valence-corrected chi connectivity index (χ2v) is 4.56. The maximum absolute atomic E-state index is 9.16. The van der Waals surface area contributed by atoms with Crippen LogP contribution in [0.4, 0.5) is 0 Å². The molecule has 0 saturated carbocycles. The molecule has 0 spiro atoms. The molecule has 0 unspecified atom stereocenters. The van der Waals surface area contributed by atoms with E-state index in [1.165, 1.54) is 0 Å². The molecule has 0 amide bonds. The number of aromatic nitrogens is 1. The minimum absolute atomic E-state index is 0.329. The van der Waals surface area contributed by atoms with Crippen molar-refractivity contribution in [1.82, 2.24) is 4.98 Å². The number of halogens is 1. The van der Waals surface area contributed by atoms with Gasteiger partial charge in [0.25, 0.3) is 0 Å². The predicted octanol–water partition coefficient (Wildman–Crippen LogP) is 4.55. The standard InChI is InChI=1S/C16H9ClN2O/c17-13-5-1-7-16(12(13)10-18)20-15-8-2-6-14-11(15)4-3-9-19-14/h1-9H. The van der Waals surface area contributed by atoms with E-state index in [1.54, 1.807) is 24.4 Å². The Bertz CT molecular complexity index is 819. The molecule has 1 aromatic heterocycles. The molecule has 0 atom stereocenters. The van der Waals surface area contributed by atoms with E-state index in [0.29, 0.717) is 22.1 Å². The Kier molecular flexibility index (Phi) is 3.24. The minimum atomic E-state index is 0.329. The van der Waals surface area contributed by atoms with E-state index < -0.39 is 0 Å². The highest BCUT2D eigenvalue weighted by atomic mass is 35.5. The highest BCUT2D eigenvalue weighted by Gasteiger charge is 2.10. The summed E-state index contributed by atoms with van der Waals surface area (Å²) >= 11 is 6.00. The summed E-state index contributed by atoms with van der Waals surface area (Å²) in [5, 5.41) is 10.4. The maximum atomic E-state index is 9.16. The van der Waals surface area contributed by atoms with Crippen molar-refractivity contribution < 1.29 is 4.74 Å². The predicted molar refractivity (Wildman–Crippen MR) is 78.0 cm³/mol. The highest BCUT2D eigenvalue weighted by molar-refractivity contribution is 6.31. The summed E-state index contributed by atoms with van der Waals surface area (Å²) < 4.78 is 5.85. The van der Waals surface area contributed by atoms with Crippen LogP contribution < -0.4 is 4.74 Å². The van der Waals surface area contributed by atoms with Crippen molar-refractivity contribution in [2.75, 3.05) is 0 Å². The Hall–Kier alpha value is -2.57. The smallest absolute Gasteiger partial charge is 0.146 e. The zero-order valence-electron chi connectivity index (χ0n) is 10.4. The van der Waals surface area contributed by atoms with Crippen molar-refractivity contribution >= 4 is 22.5 Å². The minimum Gasteiger partial charge on any atom is -0.455 e. The molecule has 0 saturated heterocycles. The van der Waals surface area contributed by atoms with Gasteiger partial charge in [-0.05, 0) is 36.4 Å². The third kappa shape index (κ3) is 2.18. The van der Waals surface area contributed by atoms with E-state index in [9.17, 15) is 0 Å². The Morgan fingerprint density at radius 1 is 1.00 bits per heavy atom. The summed E-state index contributed by atoms with van der Waals surface area (Å²) in [6.07, 6.45) is 1.73. The van der Waals surface area contributed by atoms with E-state index >= 15 is 0 Å². The average molecular weight is 281 g/mol. The first-order valence-electron chi connectivity index (χ1n) is 6.00. The van der Waals surface area contributed by atoms with Crippen LogP contribution in [0, 0.1) is 11.3 Å². The Morgan fingerprint density at radius 2 is 1.80 bits per heavy atom. The number of rotatable bonds is 2. The van der Waals surface area contributed by atoms with Gasteiger partial charge in [0.15, 0.2) is 0 Å². The zero-order chi connectivity index (χ0) is 13.9. The second kappa shape index (κ2) is 5.20. The number of fused-ring (bicyclic) bond motifs is 1. The van der Waals surface area contributed by atoms with Gasteiger partial charge in [0.05, 0.1) is 10.5 Å². The van der Waals surface area contributed by atoms with Crippen molar-refractivity contribution in [2.45, 2.75) is 0 Å². The Morgan fingerprint density at radius 3 is 2.65 bits per heavy atom. The number of ether oxygens (including phenoxy) is 1. The van der Waals surface area contributed by atoms with Gasteiger partial charge in [-0.2, -0.15) is 5.26 Å². The fourth-order valence-electron chi connectivity index (χ4n) is 1.98. The van der Waals surface area contributed by atoms with Crippen molar-refractivity contribution in [3.63, 3.8) is 0 Å². The normalized spacial score (nSPS) is 10.2. The molecule has 0 N–H and O–H groups in total. The van der Waals surface area contributed by atoms with Crippen LogP contribution in [-0.4, -0.2) is 4.98 Å². The molecule has 3 aromatic rings. The van der Waals surface area contributed by atoms with Gasteiger partial charge in [0.2, 0.25) is 0 Å². The summed E-state index contributed by atoms with van der Waals surface area (Å²) in [5.74, 6) is 1.09. The van der Waals surface area contributed by atoms with Gasteiger partial charge in [-0.25, -0.2) is 0 Å². The molecule has 2 aromatic carbocycles.